The third-order valence-corrected chi connectivity index (χ3v) is 13.1. The molecule has 58 heavy (non-hydrogen) atoms. The number of aromatic amines is 1. The van der Waals surface area contributed by atoms with Gasteiger partial charge in [-0.2, -0.15) is 0 Å². The van der Waals surface area contributed by atoms with Gasteiger partial charge in [0.15, 0.2) is 0 Å². The van der Waals surface area contributed by atoms with E-state index in [1.165, 1.54) is 17.0 Å². The standard InChI is InChI=1S/C44H47F4N7O3/c1-25(49-3)8-9-30(20-56)55-17-29-11-27-15-52(16-28(27)12-33(29)43(55)58)39(57)19-51-21-44(22-51)23-53(24-44)31-13-35(45)40(36(46)14-31)42-41-34(10-26(2)54(42)18-38(47)48)32-6-4-5-7-37(32)50-41/h4-7,11-14,20,26,30,38,42,49-50H,1,8-10,15-19,21-24H2,2-3H3/t26-,30?,42-/m1/s1. The third-order valence-electron chi connectivity index (χ3n) is 13.1. The molecule has 3 atom stereocenters. The van der Waals surface area contributed by atoms with Crippen LogP contribution >= 0.6 is 0 Å². The second-order valence-corrected chi connectivity index (χ2v) is 17.0. The first kappa shape index (κ1) is 38.3. The highest BCUT2D eigenvalue weighted by atomic mass is 19.3. The van der Waals surface area contributed by atoms with Crippen molar-refractivity contribution in [1.29, 1.82) is 0 Å². The number of carbonyl (C=O) groups excluding carboxylic acids is 3. The van der Waals surface area contributed by atoms with E-state index in [1.807, 2.05) is 48.2 Å². The average molecular weight is 798 g/mol. The molecule has 3 aromatic carbocycles. The van der Waals surface area contributed by atoms with E-state index in [9.17, 15) is 23.2 Å². The van der Waals surface area contributed by atoms with Crippen LogP contribution in [0.1, 0.15) is 69.7 Å². The monoisotopic (exact) mass is 797 g/mol. The van der Waals surface area contributed by atoms with Crippen molar-refractivity contribution in [2.24, 2.45) is 5.41 Å². The van der Waals surface area contributed by atoms with Gasteiger partial charge in [0.05, 0.1) is 25.2 Å². The zero-order valence-corrected chi connectivity index (χ0v) is 32.7. The first-order valence-electron chi connectivity index (χ1n) is 20.0. The quantitative estimate of drug-likeness (QED) is 0.139. The predicted octanol–water partition coefficient (Wildman–Crippen LogP) is 5.75. The number of hydrogen-bond donors (Lipinski definition) is 2. The largest absolute Gasteiger partial charge is 0.392 e. The molecule has 6 heterocycles. The lowest BCUT2D eigenvalue weighted by Gasteiger charge is -2.61. The normalized spacial score (nSPS) is 21.6. The van der Waals surface area contributed by atoms with Gasteiger partial charge in [-0.05, 0) is 72.7 Å². The van der Waals surface area contributed by atoms with Crippen molar-refractivity contribution < 1.29 is 31.9 Å². The average Bonchev–Trinajstić information content (AvgIpc) is 3.84. The Morgan fingerprint density at radius 2 is 1.72 bits per heavy atom. The second kappa shape index (κ2) is 14.6. The van der Waals surface area contributed by atoms with Crippen LogP contribution in [0.4, 0.5) is 23.2 Å². The number of H-pyrrole nitrogens is 1. The van der Waals surface area contributed by atoms with E-state index in [2.05, 4.69) is 21.8 Å². The predicted molar refractivity (Wildman–Crippen MR) is 211 cm³/mol. The number of amides is 2. The summed E-state index contributed by atoms with van der Waals surface area (Å²) in [5.74, 6) is -1.71. The van der Waals surface area contributed by atoms with E-state index >= 15 is 8.78 Å². The molecule has 0 radical (unpaired) electrons. The number of para-hydroxylation sites is 1. The molecule has 14 heteroatoms. The van der Waals surface area contributed by atoms with Gasteiger partial charge in [-0.3, -0.25) is 19.4 Å². The van der Waals surface area contributed by atoms with Crippen molar-refractivity contribution in [3.8, 4) is 0 Å². The molecular formula is C44H47F4N7O3. The highest BCUT2D eigenvalue weighted by molar-refractivity contribution is 6.00. The molecule has 0 aliphatic carbocycles. The van der Waals surface area contributed by atoms with E-state index < -0.39 is 36.7 Å². The maximum absolute atomic E-state index is 16.2. The summed E-state index contributed by atoms with van der Waals surface area (Å²) >= 11 is 0. The molecule has 1 unspecified atom stereocenters. The van der Waals surface area contributed by atoms with Gasteiger partial charge in [0.2, 0.25) is 5.91 Å². The maximum Gasteiger partial charge on any atom is 0.255 e. The molecule has 304 valence electrons. The summed E-state index contributed by atoms with van der Waals surface area (Å²) in [5.41, 5.74) is 6.54. The lowest BCUT2D eigenvalue weighted by molar-refractivity contribution is -0.137. The molecule has 2 N–H and O–H groups in total. The summed E-state index contributed by atoms with van der Waals surface area (Å²) in [5, 5.41) is 3.91. The Labute approximate surface area is 334 Å². The Kier molecular flexibility index (Phi) is 9.62. The fourth-order valence-corrected chi connectivity index (χ4v) is 10.2. The van der Waals surface area contributed by atoms with Gasteiger partial charge in [-0.1, -0.05) is 30.8 Å². The summed E-state index contributed by atoms with van der Waals surface area (Å²) in [6, 6.07) is 12.2. The summed E-state index contributed by atoms with van der Waals surface area (Å²) in [7, 11) is 1.78. The molecule has 0 bridgehead atoms. The number of benzene rings is 3. The number of rotatable bonds is 12. The minimum atomic E-state index is -2.67. The van der Waals surface area contributed by atoms with Crippen molar-refractivity contribution in [3.05, 3.63) is 112 Å². The number of nitrogens with zero attached hydrogens (tertiary/aromatic N) is 5. The summed E-state index contributed by atoms with van der Waals surface area (Å²) < 4.78 is 60.1. The molecular weight excluding hydrogens is 751 g/mol. The van der Waals surface area contributed by atoms with Crippen molar-refractivity contribution in [1.82, 2.24) is 29.9 Å². The Balaban J connectivity index is 0.815. The number of allylic oxidation sites excluding steroid dienone is 1. The van der Waals surface area contributed by atoms with Crippen LogP contribution in [0.15, 0.2) is 60.8 Å². The minimum Gasteiger partial charge on any atom is -0.392 e. The number of aromatic nitrogens is 1. The number of hydrogen-bond acceptors (Lipinski definition) is 7. The topological polar surface area (TPSA) is 95.2 Å². The van der Waals surface area contributed by atoms with Crippen LogP contribution in [0.25, 0.3) is 10.9 Å². The molecule has 4 aromatic rings. The smallest absolute Gasteiger partial charge is 0.255 e. The van der Waals surface area contributed by atoms with Gasteiger partial charge < -0.3 is 29.8 Å². The number of nitrogens with one attached hydrogen (secondary N) is 2. The van der Waals surface area contributed by atoms with Crippen molar-refractivity contribution in [2.45, 2.75) is 70.4 Å². The highest BCUT2D eigenvalue weighted by Gasteiger charge is 2.52. The van der Waals surface area contributed by atoms with E-state index in [0.29, 0.717) is 82.0 Å². The van der Waals surface area contributed by atoms with Crippen LogP contribution in [0.5, 0.6) is 0 Å². The molecule has 5 aliphatic heterocycles. The summed E-state index contributed by atoms with van der Waals surface area (Å²) in [6.07, 6.45) is -0.292. The number of anilines is 1. The molecule has 1 spiro atoms. The number of carbonyl (C=O) groups is 3. The number of fused-ring (bicyclic) bond motifs is 5. The molecule has 5 aliphatic rings. The first-order chi connectivity index (χ1) is 27.8. The zero-order valence-electron chi connectivity index (χ0n) is 32.7. The van der Waals surface area contributed by atoms with E-state index in [-0.39, 0.29) is 35.4 Å². The lowest BCUT2D eigenvalue weighted by Crippen LogP contribution is -2.72. The number of alkyl halides is 2. The third kappa shape index (κ3) is 6.54. The fourth-order valence-electron chi connectivity index (χ4n) is 10.2. The Hall–Kier alpha value is -5.21. The highest BCUT2D eigenvalue weighted by Crippen LogP contribution is 2.46. The fraction of sp³-hybridized carbons (Fsp3) is 0.432. The zero-order chi connectivity index (χ0) is 40.6. The van der Waals surface area contributed by atoms with Crippen LogP contribution in [-0.2, 0) is 35.6 Å². The van der Waals surface area contributed by atoms with Crippen molar-refractivity contribution >= 4 is 34.7 Å². The van der Waals surface area contributed by atoms with Crippen LogP contribution in [-0.4, -0.2) is 108 Å². The summed E-state index contributed by atoms with van der Waals surface area (Å²) in [6.45, 7) is 9.14. The Morgan fingerprint density at radius 3 is 2.41 bits per heavy atom. The van der Waals surface area contributed by atoms with Crippen LogP contribution in [0.2, 0.25) is 0 Å². The van der Waals surface area contributed by atoms with E-state index in [0.717, 1.165) is 45.1 Å². The molecule has 1 aromatic heterocycles. The number of likely N-dealkylation sites (tertiary alicyclic amines) is 1. The van der Waals surface area contributed by atoms with Crippen LogP contribution in [0.3, 0.4) is 0 Å². The number of halogens is 4. The maximum atomic E-state index is 16.2. The Bertz CT molecular complexity index is 2310. The molecule has 10 nitrogen and oxygen atoms in total. The van der Waals surface area contributed by atoms with Crippen molar-refractivity contribution in [3.63, 3.8) is 0 Å². The van der Waals surface area contributed by atoms with Crippen molar-refractivity contribution in [2.75, 3.05) is 51.2 Å². The minimum absolute atomic E-state index is 0.00288. The molecule has 2 fully saturated rings. The van der Waals surface area contributed by atoms with Gasteiger partial charge >= 0.3 is 0 Å². The molecule has 0 saturated carbocycles. The molecule has 2 saturated heterocycles. The lowest BCUT2D eigenvalue weighted by atomic mass is 9.72. The van der Waals surface area contributed by atoms with E-state index in [4.69, 9.17) is 0 Å². The molecule has 2 amide bonds. The van der Waals surface area contributed by atoms with Gasteiger partial charge in [-0.25, -0.2) is 17.6 Å². The molecule has 9 rings (SSSR count). The first-order valence-corrected chi connectivity index (χ1v) is 20.0. The van der Waals surface area contributed by atoms with Crippen LogP contribution in [0, 0.1) is 17.0 Å². The number of aldehydes is 1. The van der Waals surface area contributed by atoms with Gasteiger partial charge in [0, 0.05) is 103 Å². The van der Waals surface area contributed by atoms with Crippen LogP contribution < -0.4 is 10.2 Å². The second-order valence-electron chi connectivity index (χ2n) is 17.0. The SMILES string of the molecule is C=C(CCC(C=O)N1Cc2cc3c(cc2C1=O)CN(C(=O)CN1CC2(C1)CN(c1cc(F)c([C@@H]4c5[nH]c6ccccc6c5C[C@@H](C)N4CC(F)F)c(F)c1)C2)C3)NC. The van der Waals surface area contributed by atoms with Gasteiger partial charge in [0.25, 0.3) is 12.3 Å². The Morgan fingerprint density at radius 1 is 1.02 bits per heavy atom. The van der Waals surface area contributed by atoms with Gasteiger partial charge in [-0.15, -0.1) is 0 Å². The van der Waals surface area contributed by atoms with Gasteiger partial charge in [0.1, 0.15) is 17.9 Å². The van der Waals surface area contributed by atoms with E-state index in [1.54, 1.807) is 16.8 Å². The summed E-state index contributed by atoms with van der Waals surface area (Å²) in [4.78, 5) is 51.0.